The van der Waals surface area contributed by atoms with E-state index in [1.807, 2.05) is 0 Å². The fraction of sp³-hybridized carbons (Fsp3) is 0.474. The molecule has 0 aliphatic carbocycles. The fourth-order valence-corrected chi connectivity index (χ4v) is 3.78. The minimum atomic E-state index is -1.85. The lowest BCUT2D eigenvalue weighted by Crippen LogP contribution is -2.61. The average molecular weight is 514 g/mol. The lowest BCUT2D eigenvalue weighted by molar-refractivity contribution is -0.262. The first kappa shape index (κ1) is 25.8. The van der Waals surface area contributed by atoms with Gasteiger partial charge in [-0.05, 0) is 0 Å². The number of carbonyl (C=O) groups excluding carboxylic acids is 4. The van der Waals surface area contributed by atoms with Crippen molar-refractivity contribution in [2.24, 2.45) is 0 Å². The zero-order valence-electron chi connectivity index (χ0n) is 18.8. The first-order chi connectivity index (χ1) is 16.4. The van der Waals surface area contributed by atoms with Crippen molar-refractivity contribution in [2.75, 3.05) is 5.32 Å². The molecule has 16 heteroatoms. The third-order valence-electron chi connectivity index (χ3n) is 4.61. The predicted octanol–water partition coefficient (Wildman–Crippen LogP) is 0.215. The molecular weight excluding hydrogens is 494 g/mol. The highest BCUT2D eigenvalue weighted by Crippen LogP contribution is 2.37. The topological polar surface area (TPSA) is 198 Å². The van der Waals surface area contributed by atoms with Crippen LogP contribution in [0.1, 0.15) is 33.9 Å². The maximum Gasteiger partial charge on any atom is 0.337 e. The Hall–Kier alpha value is -3.85. The molecule has 0 saturated carbocycles. The van der Waals surface area contributed by atoms with Crippen LogP contribution >= 0.6 is 11.6 Å². The molecule has 15 nitrogen and oxygen atoms in total. The maximum absolute atomic E-state index is 12.0. The van der Waals surface area contributed by atoms with Gasteiger partial charge in [0.2, 0.25) is 11.9 Å². The Balaban J connectivity index is 2.17. The van der Waals surface area contributed by atoms with E-state index in [0.29, 0.717) is 0 Å². The van der Waals surface area contributed by atoms with E-state index in [1.165, 1.54) is 11.5 Å². The van der Waals surface area contributed by atoms with Crippen LogP contribution in [-0.2, 0) is 42.9 Å². The summed E-state index contributed by atoms with van der Waals surface area (Å²) < 4.78 is 22.5. The number of halogens is 1. The van der Waals surface area contributed by atoms with Crippen molar-refractivity contribution in [3.05, 3.63) is 11.5 Å². The maximum atomic E-state index is 12.0. The van der Waals surface area contributed by atoms with Crippen molar-refractivity contribution >= 4 is 58.5 Å². The van der Waals surface area contributed by atoms with Crippen LogP contribution < -0.4 is 5.32 Å². The summed E-state index contributed by atoms with van der Waals surface area (Å²) in [5.41, 5.74) is 0.0107. The van der Waals surface area contributed by atoms with Crippen molar-refractivity contribution in [3.63, 3.8) is 0 Å². The van der Waals surface area contributed by atoms with E-state index < -0.39 is 60.4 Å². The Morgan fingerprint density at radius 2 is 1.54 bits per heavy atom. The molecule has 1 aliphatic rings. The molecular formula is C19H20ClN5O10. The third-order valence-corrected chi connectivity index (χ3v) is 4.87. The summed E-state index contributed by atoms with van der Waals surface area (Å²) in [6, 6.07) is 0. The SMILES string of the molecule is CC(=O)Nc1nc(Cl)c2c(ncn2C2O[C@H](C(=O)O)[C@@H](OC(C)=O)[C@@H](OC(C)=O)[C@H]2OC(C)=O)n1. The molecule has 0 radical (unpaired) electrons. The van der Waals surface area contributed by atoms with E-state index >= 15 is 0 Å². The molecule has 2 aromatic rings. The number of hydrogen-bond donors (Lipinski definition) is 2. The Kier molecular flexibility index (Phi) is 7.50. The van der Waals surface area contributed by atoms with Gasteiger partial charge in [-0.2, -0.15) is 9.97 Å². The van der Waals surface area contributed by atoms with E-state index in [9.17, 15) is 29.1 Å². The Bertz CT molecular complexity index is 1200. The van der Waals surface area contributed by atoms with Crippen LogP contribution in [0.15, 0.2) is 6.33 Å². The molecule has 0 spiro atoms. The van der Waals surface area contributed by atoms with Gasteiger partial charge in [-0.15, -0.1) is 0 Å². The number of anilines is 1. The molecule has 5 atom stereocenters. The molecule has 0 bridgehead atoms. The number of amides is 1. The second-order valence-corrected chi connectivity index (χ2v) is 7.71. The quantitative estimate of drug-likeness (QED) is 0.302. The molecule has 1 amide bonds. The summed E-state index contributed by atoms with van der Waals surface area (Å²) in [5.74, 6) is -4.76. The number of fused-ring (bicyclic) bond motifs is 1. The first-order valence-electron chi connectivity index (χ1n) is 9.96. The van der Waals surface area contributed by atoms with Crippen LogP contribution in [0.5, 0.6) is 0 Å². The number of carbonyl (C=O) groups is 5. The number of imidazole rings is 1. The van der Waals surface area contributed by atoms with Gasteiger partial charge in [0, 0.05) is 27.7 Å². The molecule has 3 heterocycles. The van der Waals surface area contributed by atoms with Crippen LogP contribution in [-0.4, -0.2) is 78.8 Å². The van der Waals surface area contributed by atoms with Crippen molar-refractivity contribution < 1.29 is 48.0 Å². The van der Waals surface area contributed by atoms with Gasteiger partial charge in [-0.3, -0.25) is 29.1 Å². The number of nitrogens with one attached hydrogen (secondary N) is 1. The summed E-state index contributed by atoms with van der Waals surface area (Å²) in [6.07, 6.45) is -6.96. The zero-order valence-corrected chi connectivity index (χ0v) is 19.5. The number of hydrogen-bond acceptors (Lipinski definition) is 12. The molecule has 1 aliphatic heterocycles. The molecule has 3 rings (SSSR count). The van der Waals surface area contributed by atoms with Crippen LogP contribution in [0.3, 0.4) is 0 Å². The average Bonchev–Trinajstić information content (AvgIpc) is 3.13. The van der Waals surface area contributed by atoms with Crippen LogP contribution in [0.2, 0.25) is 5.15 Å². The highest BCUT2D eigenvalue weighted by Gasteiger charge is 2.55. The van der Waals surface area contributed by atoms with E-state index in [1.54, 1.807) is 0 Å². The highest BCUT2D eigenvalue weighted by atomic mass is 35.5. The van der Waals surface area contributed by atoms with Crippen molar-refractivity contribution in [3.8, 4) is 0 Å². The minimum absolute atomic E-state index is 0.0167. The number of rotatable bonds is 6. The number of carboxylic acids is 1. The number of ether oxygens (including phenoxy) is 4. The van der Waals surface area contributed by atoms with E-state index in [0.717, 1.165) is 27.1 Å². The molecule has 1 fully saturated rings. The minimum Gasteiger partial charge on any atom is -0.479 e. The molecule has 188 valence electrons. The zero-order chi connectivity index (χ0) is 26.0. The van der Waals surface area contributed by atoms with Crippen LogP contribution in [0.25, 0.3) is 11.2 Å². The first-order valence-corrected chi connectivity index (χ1v) is 10.3. The Morgan fingerprint density at radius 3 is 2.09 bits per heavy atom. The second-order valence-electron chi connectivity index (χ2n) is 7.35. The van der Waals surface area contributed by atoms with Crippen molar-refractivity contribution in [1.29, 1.82) is 0 Å². The van der Waals surface area contributed by atoms with Crippen molar-refractivity contribution in [1.82, 2.24) is 19.5 Å². The summed E-state index contributed by atoms with van der Waals surface area (Å²) in [5, 5.41) is 11.9. The van der Waals surface area contributed by atoms with Gasteiger partial charge in [0.1, 0.15) is 11.8 Å². The lowest BCUT2D eigenvalue weighted by atomic mass is 9.96. The fourth-order valence-electron chi connectivity index (χ4n) is 3.52. The number of aliphatic carboxylic acids is 1. The third kappa shape index (κ3) is 5.63. The number of esters is 3. The van der Waals surface area contributed by atoms with Gasteiger partial charge >= 0.3 is 23.9 Å². The van der Waals surface area contributed by atoms with Gasteiger partial charge in [0.25, 0.3) is 0 Å². The van der Waals surface area contributed by atoms with Crippen LogP contribution in [0, 0.1) is 0 Å². The van der Waals surface area contributed by atoms with Gasteiger partial charge in [-0.25, -0.2) is 9.78 Å². The number of carboxylic acid groups (broad SMARTS) is 1. The van der Waals surface area contributed by atoms with Crippen molar-refractivity contribution in [2.45, 2.75) is 58.3 Å². The smallest absolute Gasteiger partial charge is 0.337 e. The monoisotopic (exact) mass is 513 g/mol. The van der Waals surface area contributed by atoms with Gasteiger partial charge < -0.3 is 24.1 Å². The number of aromatic nitrogens is 4. The lowest BCUT2D eigenvalue weighted by Gasteiger charge is -2.43. The Labute approximate surface area is 201 Å². The number of nitrogens with zero attached hydrogens (tertiary/aromatic N) is 4. The molecule has 35 heavy (non-hydrogen) atoms. The molecule has 1 saturated heterocycles. The van der Waals surface area contributed by atoms with Gasteiger partial charge in [0.05, 0.1) is 0 Å². The van der Waals surface area contributed by atoms with Gasteiger partial charge in [0.15, 0.2) is 41.4 Å². The van der Waals surface area contributed by atoms with E-state index in [2.05, 4.69) is 20.3 Å². The summed E-state index contributed by atoms with van der Waals surface area (Å²) in [6.45, 7) is 4.36. The summed E-state index contributed by atoms with van der Waals surface area (Å²) >= 11 is 6.28. The normalized spacial score (nSPS) is 23.9. The summed E-state index contributed by atoms with van der Waals surface area (Å²) in [4.78, 5) is 70.9. The highest BCUT2D eigenvalue weighted by molar-refractivity contribution is 6.33. The molecule has 1 unspecified atom stereocenters. The van der Waals surface area contributed by atoms with Crippen LogP contribution in [0.4, 0.5) is 5.95 Å². The molecule has 2 aromatic heterocycles. The second kappa shape index (κ2) is 10.2. The molecule has 0 aromatic carbocycles. The Morgan fingerprint density at radius 1 is 0.971 bits per heavy atom. The summed E-state index contributed by atoms with van der Waals surface area (Å²) in [7, 11) is 0. The predicted molar refractivity (Wildman–Crippen MR) is 113 cm³/mol. The molecule has 2 N–H and O–H groups in total. The van der Waals surface area contributed by atoms with E-state index in [4.69, 9.17) is 30.5 Å². The largest absolute Gasteiger partial charge is 0.479 e. The standard InChI is InChI=1S/C19H20ClN5O10/c1-6(26)22-19-23-15(20)10-16(24-19)21-5-25(10)17-13(34-9(4)29)11(32-7(2)27)12(33-8(3)28)14(35-17)18(30)31/h5,11-14,17H,1-4H3,(H,30,31)(H,22,23,24,26)/t11-,12+,13-,14+,17?/m1/s1. The van der Waals surface area contributed by atoms with E-state index in [-0.39, 0.29) is 22.3 Å². The van der Waals surface area contributed by atoms with Gasteiger partial charge in [-0.1, -0.05) is 11.6 Å².